The Morgan fingerprint density at radius 3 is 2.49 bits per heavy atom. The zero-order chi connectivity index (χ0) is 26.4. The van der Waals surface area contributed by atoms with Gasteiger partial charge in [0.05, 0.1) is 31.9 Å². The van der Waals surface area contributed by atoms with Crippen molar-refractivity contribution in [2.24, 2.45) is 0 Å². The number of anilines is 1. The predicted molar refractivity (Wildman–Crippen MR) is 143 cm³/mol. The summed E-state index contributed by atoms with van der Waals surface area (Å²) >= 11 is 1.24. The molecule has 8 nitrogen and oxygen atoms in total. The van der Waals surface area contributed by atoms with Gasteiger partial charge in [0.1, 0.15) is 11.5 Å². The lowest BCUT2D eigenvalue weighted by atomic mass is 9.95. The maximum atomic E-state index is 13.3. The lowest BCUT2D eigenvalue weighted by molar-refractivity contribution is -0.132. The Morgan fingerprint density at radius 1 is 1.05 bits per heavy atom. The summed E-state index contributed by atoms with van der Waals surface area (Å²) in [4.78, 5) is 32.1. The van der Waals surface area contributed by atoms with Crippen LogP contribution >= 0.6 is 11.3 Å². The van der Waals surface area contributed by atoms with Crippen LogP contribution in [0.15, 0.2) is 59.6 Å². The Balaban J connectivity index is 1.82. The Kier molecular flexibility index (Phi) is 8.45. The number of aliphatic hydroxyl groups is 1. The number of nitrogens with zero attached hydrogens (tertiary/aromatic N) is 2. The highest BCUT2D eigenvalue weighted by molar-refractivity contribution is 7.14. The highest BCUT2D eigenvalue weighted by Gasteiger charge is 2.48. The van der Waals surface area contributed by atoms with E-state index in [4.69, 9.17) is 14.2 Å². The van der Waals surface area contributed by atoms with E-state index in [9.17, 15) is 14.7 Å². The SMILES string of the molecule is CCCCCOc1ccc(C2C(=C(O)c3ccc(OC)cc3)C(=O)C(=O)N2c2nccs2)cc1OCC. The number of hydrogen-bond acceptors (Lipinski definition) is 8. The molecule has 2 aromatic carbocycles. The number of methoxy groups -OCH3 is 1. The van der Waals surface area contributed by atoms with Gasteiger partial charge in [-0.1, -0.05) is 25.8 Å². The Labute approximate surface area is 220 Å². The number of ketones is 1. The van der Waals surface area contributed by atoms with E-state index in [-0.39, 0.29) is 11.3 Å². The summed E-state index contributed by atoms with van der Waals surface area (Å²) in [5, 5.41) is 13.4. The molecular weight excluding hydrogens is 492 g/mol. The second-order valence-corrected chi connectivity index (χ2v) is 9.28. The van der Waals surface area contributed by atoms with Crippen molar-refractivity contribution in [1.82, 2.24) is 4.98 Å². The molecule has 1 unspecified atom stereocenters. The molecular formula is C28H30N2O6S. The van der Waals surface area contributed by atoms with Gasteiger partial charge in [-0.25, -0.2) is 4.98 Å². The summed E-state index contributed by atoms with van der Waals surface area (Å²) in [5.74, 6) is -0.122. The Hall–Kier alpha value is -3.85. The number of thiazole rings is 1. The van der Waals surface area contributed by atoms with Crippen molar-refractivity contribution in [3.63, 3.8) is 0 Å². The van der Waals surface area contributed by atoms with Crippen LogP contribution in [-0.4, -0.2) is 42.1 Å². The maximum absolute atomic E-state index is 13.3. The second kappa shape index (κ2) is 11.9. The molecule has 1 fully saturated rings. The third kappa shape index (κ3) is 5.46. The van der Waals surface area contributed by atoms with Gasteiger partial charge >= 0.3 is 5.91 Å². The Bertz CT molecular complexity index is 1270. The summed E-state index contributed by atoms with van der Waals surface area (Å²) < 4.78 is 17.0. The van der Waals surface area contributed by atoms with E-state index >= 15 is 0 Å². The van der Waals surface area contributed by atoms with Gasteiger partial charge in [-0.15, -0.1) is 11.3 Å². The number of amides is 1. The van der Waals surface area contributed by atoms with E-state index in [0.717, 1.165) is 19.3 Å². The van der Waals surface area contributed by atoms with Crippen molar-refractivity contribution in [2.75, 3.05) is 25.2 Å². The van der Waals surface area contributed by atoms with Crippen LogP contribution < -0.4 is 19.1 Å². The molecule has 1 N–H and O–H groups in total. The van der Waals surface area contributed by atoms with E-state index in [1.54, 1.807) is 61.2 Å². The number of benzene rings is 2. The molecule has 1 aliphatic heterocycles. The second-order valence-electron chi connectivity index (χ2n) is 8.41. The lowest BCUT2D eigenvalue weighted by Gasteiger charge is -2.24. The Morgan fingerprint density at radius 2 is 1.84 bits per heavy atom. The number of aliphatic hydroxyl groups excluding tert-OH is 1. The molecule has 1 amide bonds. The van der Waals surface area contributed by atoms with E-state index in [2.05, 4.69) is 11.9 Å². The number of hydrogen-bond donors (Lipinski definition) is 1. The molecule has 0 radical (unpaired) electrons. The molecule has 1 aromatic heterocycles. The smallest absolute Gasteiger partial charge is 0.301 e. The standard InChI is InChI=1S/C28H30N2O6S/c1-4-6-7-15-36-21-13-10-19(17-22(21)35-5-2)24-23(25(31)18-8-11-20(34-3)12-9-18)26(32)27(33)30(24)28-29-14-16-37-28/h8-14,16-17,24,31H,4-7,15H2,1-3H3. The average Bonchev–Trinajstić information content (AvgIpc) is 3.53. The van der Waals surface area contributed by atoms with Gasteiger partial charge in [0.25, 0.3) is 5.78 Å². The van der Waals surface area contributed by atoms with Crippen LogP contribution in [0.2, 0.25) is 0 Å². The average molecular weight is 523 g/mol. The first-order valence-corrected chi connectivity index (χ1v) is 13.1. The van der Waals surface area contributed by atoms with E-state index in [1.807, 2.05) is 6.92 Å². The molecule has 194 valence electrons. The minimum Gasteiger partial charge on any atom is -0.507 e. The van der Waals surface area contributed by atoms with Gasteiger partial charge in [0.15, 0.2) is 16.6 Å². The van der Waals surface area contributed by atoms with Gasteiger partial charge in [-0.3, -0.25) is 14.5 Å². The zero-order valence-electron chi connectivity index (χ0n) is 21.1. The number of carbonyl (C=O) groups excluding carboxylic acids is 2. The largest absolute Gasteiger partial charge is 0.507 e. The van der Waals surface area contributed by atoms with Gasteiger partial charge in [-0.05, 0) is 55.3 Å². The molecule has 0 saturated carbocycles. The van der Waals surface area contributed by atoms with E-state index in [0.29, 0.717) is 46.7 Å². The lowest BCUT2D eigenvalue weighted by Crippen LogP contribution is -2.29. The van der Waals surface area contributed by atoms with Crippen LogP contribution in [0.25, 0.3) is 5.76 Å². The number of aromatic nitrogens is 1. The quantitative estimate of drug-likeness (QED) is 0.148. The van der Waals surface area contributed by atoms with Gasteiger partial charge < -0.3 is 19.3 Å². The van der Waals surface area contributed by atoms with Crippen LogP contribution in [0.3, 0.4) is 0 Å². The molecule has 1 saturated heterocycles. The predicted octanol–water partition coefficient (Wildman–Crippen LogP) is 5.75. The number of ether oxygens (including phenoxy) is 3. The van der Waals surface area contributed by atoms with Crippen molar-refractivity contribution in [3.05, 3.63) is 70.7 Å². The molecule has 9 heteroatoms. The summed E-state index contributed by atoms with van der Waals surface area (Å²) in [7, 11) is 1.54. The first-order chi connectivity index (χ1) is 18.0. The fourth-order valence-electron chi connectivity index (χ4n) is 4.20. The molecule has 4 rings (SSSR count). The number of carbonyl (C=O) groups is 2. The highest BCUT2D eigenvalue weighted by Crippen LogP contribution is 2.44. The van der Waals surface area contributed by atoms with Crippen LogP contribution in [0.1, 0.15) is 50.3 Å². The van der Waals surface area contributed by atoms with Crippen molar-refractivity contribution in [3.8, 4) is 17.2 Å². The summed E-state index contributed by atoms with van der Waals surface area (Å²) in [6.07, 6.45) is 4.65. The molecule has 37 heavy (non-hydrogen) atoms. The van der Waals surface area contributed by atoms with Gasteiger partial charge in [0, 0.05) is 17.1 Å². The first-order valence-electron chi connectivity index (χ1n) is 12.2. The summed E-state index contributed by atoms with van der Waals surface area (Å²) in [5.41, 5.74) is 0.960. The third-order valence-electron chi connectivity index (χ3n) is 6.02. The van der Waals surface area contributed by atoms with Crippen LogP contribution in [0, 0.1) is 0 Å². The normalized spacial score (nSPS) is 16.7. The topological polar surface area (TPSA) is 98.2 Å². The van der Waals surface area contributed by atoms with Crippen LogP contribution in [0.4, 0.5) is 5.13 Å². The molecule has 3 aromatic rings. The zero-order valence-corrected chi connectivity index (χ0v) is 21.9. The number of unbranched alkanes of at least 4 members (excludes halogenated alkanes) is 2. The molecule has 0 aliphatic carbocycles. The molecule has 2 heterocycles. The maximum Gasteiger partial charge on any atom is 0.301 e. The highest BCUT2D eigenvalue weighted by atomic mass is 32.1. The fourth-order valence-corrected chi connectivity index (χ4v) is 4.87. The summed E-state index contributed by atoms with van der Waals surface area (Å²) in [6.45, 7) is 4.97. The van der Waals surface area contributed by atoms with Crippen molar-refractivity contribution in [2.45, 2.75) is 39.2 Å². The molecule has 0 spiro atoms. The fraction of sp³-hybridized carbons (Fsp3) is 0.321. The van der Waals surface area contributed by atoms with E-state index in [1.165, 1.54) is 16.2 Å². The first kappa shape index (κ1) is 26.2. The van der Waals surface area contributed by atoms with Gasteiger partial charge in [0.2, 0.25) is 0 Å². The molecule has 0 bridgehead atoms. The van der Waals surface area contributed by atoms with Crippen LogP contribution in [0.5, 0.6) is 17.2 Å². The van der Waals surface area contributed by atoms with E-state index < -0.39 is 17.7 Å². The van der Waals surface area contributed by atoms with Gasteiger partial charge in [-0.2, -0.15) is 0 Å². The minimum absolute atomic E-state index is 0.0237. The summed E-state index contributed by atoms with van der Waals surface area (Å²) in [6, 6.07) is 11.1. The monoisotopic (exact) mass is 522 g/mol. The van der Waals surface area contributed by atoms with Crippen molar-refractivity contribution in [1.29, 1.82) is 0 Å². The van der Waals surface area contributed by atoms with Crippen LogP contribution in [-0.2, 0) is 9.59 Å². The van der Waals surface area contributed by atoms with Crippen molar-refractivity contribution < 1.29 is 28.9 Å². The number of rotatable bonds is 11. The van der Waals surface area contributed by atoms with Crippen molar-refractivity contribution >= 4 is 33.9 Å². The third-order valence-corrected chi connectivity index (χ3v) is 6.79. The molecule has 1 atom stereocenters. The molecule has 1 aliphatic rings. The number of Topliss-reactive ketones (excluding diaryl/α,β-unsaturated/α-hetero) is 1. The minimum atomic E-state index is -0.901.